The maximum absolute atomic E-state index is 13.3. The quantitative estimate of drug-likeness (QED) is 0.712. The van der Waals surface area contributed by atoms with Crippen LogP contribution in [0.2, 0.25) is 0 Å². The highest BCUT2D eigenvalue weighted by Gasteiger charge is 2.43. The Hall–Kier alpha value is -2.61. The number of benzene rings is 1. The molecule has 2 N–H and O–H groups in total. The van der Waals surface area contributed by atoms with Gasteiger partial charge in [0.1, 0.15) is 11.1 Å². The van der Waals surface area contributed by atoms with Crippen molar-refractivity contribution in [3.05, 3.63) is 35.4 Å². The molecule has 8 heteroatoms. The van der Waals surface area contributed by atoms with Gasteiger partial charge in [-0.25, -0.2) is 9.59 Å². The highest BCUT2D eigenvalue weighted by Crippen LogP contribution is 2.25. The van der Waals surface area contributed by atoms with Crippen LogP contribution in [0.3, 0.4) is 0 Å². The fraction of sp³-hybridized carbons (Fsp3) is 0.591. The molecule has 0 radical (unpaired) electrons. The smallest absolute Gasteiger partial charge is 0.408 e. The van der Waals surface area contributed by atoms with E-state index in [2.05, 4.69) is 15.5 Å². The number of amides is 2. The van der Waals surface area contributed by atoms with Gasteiger partial charge in [0, 0.05) is 13.1 Å². The van der Waals surface area contributed by atoms with Gasteiger partial charge >= 0.3 is 12.1 Å². The van der Waals surface area contributed by atoms with Gasteiger partial charge in [-0.1, -0.05) is 12.1 Å². The van der Waals surface area contributed by atoms with Gasteiger partial charge in [0.25, 0.3) is 0 Å². The molecule has 1 fully saturated rings. The predicted octanol–water partition coefficient (Wildman–Crippen LogP) is 2.64. The van der Waals surface area contributed by atoms with E-state index in [0.717, 1.165) is 5.56 Å². The summed E-state index contributed by atoms with van der Waals surface area (Å²) in [5.41, 5.74) is -0.397. The van der Waals surface area contributed by atoms with Crippen molar-refractivity contribution < 1.29 is 23.9 Å². The Bertz CT molecular complexity index is 762. The summed E-state index contributed by atoms with van der Waals surface area (Å²) < 4.78 is 10.1. The van der Waals surface area contributed by atoms with Gasteiger partial charge in [-0.15, -0.1) is 0 Å². The number of methoxy groups -OCH3 is 1. The largest absolute Gasteiger partial charge is 0.465 e. The Kier molecular flexibility index (Phi) is 7.47. The second-order valence-electron chi connectivity index (χ2n) is 8.82. The van der Waals surface area contributed by atoms with Gasteiger partial charge < -0.3 is 25.0 Å². The number of esters is 1. The van der Waals surface area contributed by atoms with Crippen LogP contribution in [0.15, 0.2) is 24.3 Å². The van der Waals surface area contributed by atoms with E-state index in [4.69, 9.17) is 9.47 Å². The Labute approximate surface area is 178 Å². The SMILES string of the molecule is COC(=O)c1ccc([C@H](C)NC(=O)C2(NC(=O)OC(C)(C)C)CCN(C)CC2)cc1. The van der Waals surface area contributed by atoms with Crippen LogP contribution >= 0.6 is 0 Å². The number of carbonyl (C=O) groups excluding carboxylic acids is 3. The van der Waals surface area contributed by atoms with Crippen molar-refractivity contribution in [2.45, 2.75) is 57.7 Å². The number of nitrogens with one attached hydrogen (secondary N) is 2. The summed E-state index contributed by atoms with van der Waals surface area (Å²) in [6.07, 6.45) is 0.378. The molecule has 2 amide bonds. The first-order valence-corrected chi connectivity index (χ1v) is 10.1. The third-order valence-electron chi connectivity index (χ3n) is 5.19. The summed E-state index contributed by atoms with van der Waals surface area (Å²) >= 11 is 0. The first-order valence-electron chi connectivity index (χ1n) is 10.1. The highest BCUT2D eigenvalue weighted by atomic mass is 16.6. The predicted molar refractivity (Wildman–Crippen MR) is 113 cm³/mol. The van der Waals surface area contributed by atoms with E-state index in [-0.39, 0.29) is 11.9 Å². The first kappa shape index (κ1) is 23.7. The van der Waals surface area contributed by atoms with E-state index in [1.54, 1.807) is 45.0 Å². The number of likely N-dealkylation sites (tertiary alicyclic amines) is 1. The second kappa shape index (κ2) is 9.47. The van der Waals surface area contributed by atoms with Crippen LogP contribution in [0, 0.1) is 0 Å². The number of piperidine rings is 1. The molecular weight excluding hydrogens is 386 g/mol. The van der Waals surface area contributed by atoms with Crippen LogP contribution in [0.4, 0.5) is 4.79 Å². The summed E-state index contributed by atoms with van der Waals surface area (Å²) in [5, 5.41) is 5.85. The molecule has 0 bridgehead atoms. The normalized spacial score (nSPS) is 17.5. The van der Waals surface area contributed by atoms with Crippen LogP contribution in [0.25, 0.3) is 0 Å². The topological polar surface area (TPSA) is 97.0 Å². The maximum atomic E-state index is 13.3. The van der Waals surface area contributed by atoms with E-state index < -0.39 is 23.2 Å². The maximum Gasteiger partial charge on any atom is 0.408 e. The standard InChI is InChI=1S/C22H33N3O5/c1-15(16-7-9-17(10-8-16)18(26)29-6)23-19(27)22(11-13-25(5)14-12-22)24-20(28)30-21(2,3)4/h7-10,15H,11-14H2,1-6H3,(H,23,27)(H,24,28)/t15-/m0/s1. The monoisotopic (exact) mass is 419 g/mol. The van der Waals surface area contributed by atoms with Gasteiger partial charge in [-0.3, -0.25) is 4.79 Å². The van der Waals surface area contributed by atoms with Crippen molar-refractivity contribution in [2.24, 2.45) is 0 Å². The molecule has 8 nitrogen and oxygen atoms in total. The van der Waals surface area contributed by atoms with Crippen LogP contribution in [0.1, 0.15) is 62.5 Å². The molecule has 0 unspecified atom stereocenters. The number of hydrogen-bond acceptors (Lipinski definition) is 6. The van der Waals surface area contributed by atoms with Crippen LogP contribution in [-0.2, 0) is 14.3 Å². The molecule has 1 aromatic rings. The molecule has 1 heterocycles. The molecule has 0 aliphatic carbocycles. The summed E-state index contributed by atoms with van der Waals surface area (Å²) in [5.74, 6) is -0.656. The fourth-order valence-electron chi connectivity index (χ4n) is 3.35. The summed E-state index contributed by atoms with van der Waals surface area (Å²) in [6, 6.07) is 6.57. The lowest BCUT2D eigenvalue weighted by atomic mass is 9.86. The van der Waals surface area contributed by atoms with E-state index in [1.807, 2.05) is 14.0 Å². The number of carbonyl (C=O) groups is 3. The third-order valence-corrected chi connectivity index (χ3v) is 5.19. The Balaban J connectivity index is 2.13. The molecule has 1 saturated heterocycles. The molecule has 0 saturated carbocycles. The zero-order valence-electron chi connectivity index (χ0n) is 18.7. The molecule has 0 spiro atoms. The molecule has 1 aliphatic rings. The average molecular weight is 420 g/mol. The molecule has 30 heavy (non-hydrogen) atoms. The lowest BCUT2D eigenvalue weighted by Gasteiger charge is -2.40. The van der Waals surface area contributed by atoms with Gasteiger partial charge in [0.15, 0.2) is 0 Å². The average Bonchev–Trinajstić information content (AvgIpc) is 2.67. The lowest BCUT2D eigenvalue weighted by Crippen LogP contribution is -2.63. The van der Waals surface area contributed by atoms with E-state index >= 15 is 0 Å². The van der Waals surface area contributed by atoms with Crippen LogP contribution in [0.5, 0.6) is 0 Å². The van der Waals surface area contributed by atoms with Gasteiger partial charge in [-0.2, -0.15) is 0 Å². The Morgan fingerprint density at radius 2 is 1.67 bits per heavy atom. The zero-order valence-corrected chi connectivity index (χ0v) is 18.7. The molecule has 1 aromatic carbocycles. The molecular formula is C22H33N3O5. The molecule has 1 aliphatic heterocycles. The molecule has 1 atom stereocenters. The second-order valence-corrected chi connectivity index (χ2v) is 8.82. The lowest BCUT2D eigenvalue weighted by molar-refractivity contribution is -0.130. The van der Waals surface area contributed by atoms with Crippen molar-refractivity contribution in [1.82, 2.24) is 15.5 Å². The molecule has 0 aromatic heterocycles. The first-order chi connectivity index (χ1) is 14.0. The molecule has 2 rings (SSSR count). The summed E-state index contributed by atoms with van der Waals surface area (Å²) in [7, 11) is 3.32. The van der Waals surface area contributed by atoms with E-state index in [1.165, 1.54) is 7.11 Å². The van der Waals surface area contributed by atoms with Crippen molar-refractivity contribution in [3.63, 3.8) is 0 Å². The number of nitrogens with zero attached hydrogens (tertiary/aromatic N) is 1. The van der Waals surface area contributed by atoms with Gasteiger partial charge in [0.05, 0.1) is 18.7 Å². The van der Waals surface area contributed by atoms with Crippen molar-refractivity contribution >= 4 is 18.0 Å². The Morgan fingerprint density at radius 1 is 1.10 bits per heavy atom. The zero-order chi connectivity index (χ0) is 22.5. The van der Waals surface area contributed by atoms with E-state index in [9.17, 15) is 14.4 Å². The molecule has 166 valence electrons. The summed E-state index contributed by atoms with van der Waals surface area (Å²) in [6.45, 7) is 8.59. The van der Waals surface area contributed by atoms with E-state index in [0.29, 0.717) is 31.5 Å². The minimum atomic E-state index is -1.03. The van der Waals surface area contributed by atoms with Crippen molar-refractivity contribution in [3.8, 4) is 0 Å². The van der Waals surface area contributed by atoms with Gasteiger partial charge in [0.2, 0.25) is 5.91 Å². The number of rotatable bonds is 5. The van der Waals surface area contributed by atoms with Crippen molar-refractivity contribution in [2.75, 3.05) is 27.2 Å². The number of ether oxygens (including phenoxy) is 2. The fourth-order valence-corrected chi connectivity index (χ4v) is 3.35. The van der Waals surface area contributed by atoms with Gasteiger partial charge in [-0.05, 0) is 65.3 Å². The van der Waals surface area contributed by atoms with Crippen molar-refractivity contribution in [1.29, 1.82) is 0 Å². The number of hydrogen-bond donors (Lipinski definition) is 2. The van der Waals surface area contributed by atoms with Crippen LogP contribution in [-0.4, -0.2) is 61.3 Å². The highest BCUT2D eigenvalue weighted by molar-refractivity contribution is 5.91. The minimum Gasteiger partial charge on any atom is -0.465 e. The Morgan fingerprint density at radius 3 is 2.17 bits per heavy atom. The third kappa shape index (κ3) is 6.19. The minimum absolute atomic E-state index is 0.244. The number of alkyl carbamates (subject to hydrolysis) is 1. The summed E-state index contributed by atoms with van der Waals surface area (Å²) in [4.78, 5) is 39.4. The van der Waals surface area contributed by atoms with Crippen LogP contribution < -0.4 is 10.6 Å².